The molecule has 0 aromatic heterocycles. The minimum atomic E-state index is -3.23. The number of sulfonamides is 2. The van der Waals surface area contributed by atoms with E-state index in [0.29, 0.717) is 6.54 Å². The highest BCUT2D eigenvalue weighted by Crippen LogP contribution is 2.23. The van der Waals surface area contributed by atoms with Crippen molar-refractivity contribution in [1.82, 2.24) is 8.61 Å². The summed E-state index contributed by atoms with van der Waals surface area (Å²) in [6, 6.07) is -0.523. The maximum Gasteiger partial charge on any atom is 0.235 e. The van der Waals surface area contributed by atoms with Gasteiger partial charge in [-0.25, -0.2) is 35.2 Å². The smallest absolute Gasteiger partial charge is 0.235 e. The van der Waals surface area contributed by atoms with Crippen molar-refractivity contribution in [2.24, 2.45) is 21.6 Å². The van der Waals surface area contributed by atoms with Crippen LogP contribution in [0.25, 0.3) is 0 Å². The van der Waals surface area contributed by atoms with Gasteiger partial charge in [0.1, 0.15) is 0 Å². The highest BCUT2D eigenvalue weighted by atomic mass is 35.5. The lowest BCUT2D eigenvalue weighted by atomic mass is 9.87. The molecule has 0 aromatic carbocycles. The molecule has 0 amide bonds. The number of carbonyl (C=O) groups excluding carboxylic acids is 1. The van der Waals surface area contributed by atoms with Gasteiger partial charge in [0.25, 0.3) is 0 Å². The molecule has 0 radical (unpaired) electrons. The Morgan fingerprint density at radius 2 is 1.19 bits per heavy atom. The van der Waals surface area contributed by atoms with Crippen LogP contribution >= 0.6 is 12.4 Å². The predicted molar refractivity (Wildman–Crippen MR) is 130 cm³/mol. The van der Waals surface area contributed by atoms with E-state index in [1.54, 1.807) is 20.9 Å². The van der Waals surface area contributed by atoms with Crippen LogP contribution in [0.15, 0.2) is 4.99 Å². The van der Waals surface area contributed by atoms with Crippen molar-refractivity contribution >= 4 is 38.5 Å². The Hall–Kier alpha value is -0.550. The number of nitrogens with zero attached hydrogens (tertiary/aromatic N) is 3. The molecule has 2 atom stereocenters. The Morgan fingerprint density at radius 1 is 0.839 bits per heavy atom. The Kier molecular flexibility index (Phi) is 15.7. The first-order chi connectivity index (χ1) is 13.3. The third-order valence-corrected chi connectivity index (χ3v) is 8.54. The van der Waals surface area contributed by atoms with Crippen molar-refractivity contribution in [3.05, 3.63) is 0 Å². The van der Waals surface area contributed by atoms with Crippen LogP contribution in [0.1, 0.15) is 55.4 Å². The van der Waals surface area contributed by atoms with E-state index in [4.69, 9.17) is 5.73 Å². The maximum atomic E-state index is 11.6. The van der Waals surface area contributed by atoms with Crippen molar-refractivity contribution in [3.8, 4) is 0 Å². The third kappa shape index (κ3) is 13.6. The van der Waals surface area contributed by atoms with Crippen molar-refractivity contribution in [2.75, 3.05) is 38.7 Å². The van der Waals surface area contributed by atoms with Crippen LogP contribution in [0.5, 0.6) is 0 Å². The van der Waals surface area contributed by atoms with Gasteiger partial charge in [-0.1, -0.05) is 41.5 Å². The van der Waals surface area contributed by atoms with Crippen molar-refractivity contribution in [3.63, 3.8) is 0 Å². The number of aliphatic imine (C=N–C) groups is 1. The fourth-order valence-electron chi connectivity index (χ4n) is 2.03. The van der Waals surface area contributed by atoms with Crippen LogP contribution in [0, 0.1) is 10.8 Å². The molecular weight excluding hydrogens is 464 g/mol. The quantitative estimate of drug-likeness (QED) is 0.376. The summed E-state index contributed by atoms with van der Waals surface area (Å²) in [5.74, 6) is 0.172. The van der Waals surface area contributed by atoms with Gasteiger partial charge in [-0.15, -0.1) is 12.4 Å². The van der Waals surface area contributed by atoms with Gasteiger partial charge in [0, 0.05) is 33.2 Å². The number of nitrogens with two attached hydrogens (primary N) is 1. The number of halogens is 1. The summed E-state index contributed by atoms with van der Waals surface area (Å²) in [6.45, 7) is 15.5. The second-order valence-electron chi connectivity index (χ2n) is 9.44. The average molecular weight is 507 g/mol. The number of likely N-dealkylation sites (N-methyl/N-ethyl adjacent to an activating group) is 2. The zero-order valence-corrected chi connectivity index (χ0v) is 23.1. The molecule has 0 bridgehead atoms. The van der Waals surface area contributed by atoms with Gasteiger partial charge in [-0.2, -0.15) is 0 Å². The Morgan fingerprint density at radius 3 is 1.45 bits per heavy atom. The summed E-state index contributed by atoms with van der Waals surface area (Å²) >= 11 is 0. The largest absolute Gasteiger partial charge is 0.326 e. The van der Waals surface area contributed by atoms with Gasteiger partial charge < -0.3 is 5.73 Å². The van der Waals surface area contributed by atoms with Gasteiger partial charge in [-0.3, -0.25) is 0 Å². The SMILES string of the molecule is CCS(=O)(=O)N(C)C[C@@H](N)C(C)(C)C.CCS(=O)(=O)N(C)C[C@@H](N=C=O)C(C)(C)C.Cl. The van der Waals surface area contributed by atoms with Crippen LogP contribution < -0.4 is 5.73 Å². The fraction of sp³-hybridized carbons (Fsp3) is 0.947. The minimum absolute atomic E-state index is 0. The van der Waals surface area contributed by atoms with Crippen molar-refractivity contribution in [1.29, 1.82) is 0 Å². The van der Waals surface area contributed by atoms with E-state index in [0.717, 1.165) is 0 Å². The molecule has 0 aliphatic rings. The standard InChI is InChI=1S/C10H20N2O3S.C9H22N2O2S.ClH/c1-6-16(14,15)12(5)7-9(11-8-13)10(2,3)4;1-6-14(12,13)11(5)7-8(10)9(2,3)4;/h9H,6-7H2,1-5H3;8H,6-7,10H2,1-5H3;1H/t9-;8-;/m11./s1. The van der Waals surface area contributed by atoms with E-state index < -0.39 is 20.0 Å². The first kappa shape index (κ1) is 35.0. The van der Waals surface area contributed by atoms with E-state index >= 15 is 0 Å². The average Bonchev–Trinajstić information content (AvgIpc) is 2.59. The molecule has 0 heterocycles. The van der Waals surface area contributed by atoms with Gasteiger partial charge in [0.05, 0.1) is 17.5 Å². The molecule has 188 valence electrons. The normalized spacial score (nSPS) is 14.7. The summed E-state index contributed by atoms with van der Waals surface area (Å²) in [5, 5.41) is 0. The summed E-state index contributed by atoms with van der Waals surface area (Å²) in [6.07, 6.45) is 1.50. The van der Waals surface area contributed by atoms with Gasteiger partial charge >= 0.3 is 0 Å². The molecule has 0 saturated carbocycles. The molecule has 9 nitrogen and oxygen atoms in total. The molecule has 0 unspecified atom stereocenters. The molecule has 0 spiro atoms. The van der Waals surface area contributed by atoms with E-state index in [1.807, 2.05) is 41.5 Å². The van der Waals surface area contributed by atoms with E-state index in [-0.39, 0.29) is 53.4 Å². The fourth-order valence-corrected chi connectivity index (χ4v) is 3.67. The minimum Gasteiger partial charge on any atom is -0.326 e. The van der Waals surface area contributed by atoms with Crippen molar-refractivity contribution in [2.45, 2.75) is 67.5 Å². The molecule has 12 heteroatoms. The maximum absolute atomic E-state index is 11.6. The van der Waals surface area contributed by atoms with Crippen LogP contribution in [-0.4, -0.2) is 82.3 Å². The van der Waals surface area contributed by atoms with Crippen LogP contribution in [-0.2, 0) is 24.8 Å². The first-order valence-corrected chi connectivity index (χ1v) is 13.2. The molecule has 0 aliphatic heterocycles. The number of hydrogen-bond acceptors (Lipinski definition) is 7. The van der Waals surface area contributed by atoms with Gasteiger partial charge in [0.2, 0.25) is 26.1 Å². The summed E-state index contributed by atoms with van der Waals surface area (Å²) in [5.41, 5.74) is 5.56. The molecule has 2 N–H and O–H groups in total. The molecule has 0 fully saturated rings. The Balaban J connectivity index is -0.000000494. The topological polar surface area (TPSA) is 130 Å². The molecule has 0 aliphatic carbocycles. The van der Waals surface area contributed by atoms with Crippen LogP contribution in [0.4, 0.5) is 0 Å². The molecule has 31 heavy (non-hydrogen) atoms. The summed E-state index contributed by atoms with van der Waals surface area (Å²) < 4.78 is 48.5. The van der Waals surface area contributed by atoms with E-state index in [1.165, 1.54) is 21.7 Å². The van der Waals surface area contributed by atoms with Gasteiger partial charge in [0.15, 0.2) is 0 Å². The van der Waals surface area contributed by atoms with Crippen molar-refractivity contribution < 1.29 is 21.6 Å². The molecule has 0 rings (SSSR count). The molecular formula is C19H43ClN4O5S2. The van der Waals surface area contributed by atoms with Crippen LogP contribution in [0.3, 0.4) is 0 Å². The number of rotatable bonds is 9. The number of isocyanates is 1. The molecule has 0 saturated heterocycles. The Bertz CT molecular complexity index is 768. The van der Waals surface area contributed by atoms with E-state index in [9.17, 15) is 21.6 Å². The zero-order chi connectivity index (χ0) is 24.6. The second-order valence-corrected chi connectivity index (χ2v) is 14.2. The molecule has 0 aromatic rings. The van der Waals surface area contributed by atoms with Crippen LogP contribution in [0.2, 0.25) is 0 Å². The lowest BCUT2D eigenvalue weighted by Crippen LogP contribution is -2.46. The second kappa shape index (κ2) is 13.9. The predicted octanol–water partition coefficient (Wildman–Crippen LogP) is 2.08. The number of hydrogen-bond donors (Lipinski definition) is 1. The zero-order valence-electron chi connectivity index (χ0n) is 20.7. The lowest BCUT2D eigenvalue weighted by molar-refractivity contribution is 0.279. The first-order valence-electron chi connectivity index (χ1n) is 9.96. The van der Waals surface area contributed by atoms with E-state index in [2.05, 4.69) is 4.99 Å². The highest BCUT2D eigenvalue weighted by molar-refractivity contribution is 7.89. The Labute approximate surface area is 196 Å². The lowest BCUT2D eigenvalue weighted by Gasteiger charge is -2.30. The summed E-state index contributed by atoms with van der Waals surface area (Å²) in [4.78, 5) is 14.0. The summed E-state index contributed by atoms with van der Waals surface area (Å²) in [7, 11) is -3.26. The van der Waals surface area contributed by atoms with Gasteiger partial charge in [-0.05, 0) is 24.7 Å². The monoisotopic (exact) mass is 506 g/mol. The highest BCUT2D eigenvalue weighted by Gasteiger charge is 2.29. The third-order valence-electron chi connectivity index (χ3n) is 4.88.